The van der Waals surface area contributed by atoms with Crippen molar-refractivity contribution in [3.8, 4) is 11.8 Å². The maximum atomic E-state index is 12.1. The minimum atomic E-state index is -1.02. The second kappa shape index (κ2) is 6.25. The molecule has 1 aromatic rings. The third-order valence-electron chi connectivity index (χ3n) is 3.11. The van der Waals surface area contributed by atoms with Crippen LogP contribution in [0.15, 0.2) is 6.07 Å². The van der Waals surface area contributed by atoms with Crippen molar-refractivity contribution in [3.05, 3.63) is 6.07 Å². The summed E-state index contributed by atoms with van der Waals surface area (Å²) in [6.45, 7) is 0.379. The van der Waals surface area contributed by atoms with Crippen LogP contribution >= 0.6 is 0 Å². The molecule has 1 aliphatic heterocycles. The third-order valence-corrected chi connectivity index (χ3v) is 3.11. The Morgan fingerprint density at radius 2 is 1.95 bits per heavy atom. The first-order valence-electron chi connectivity index (χ1n) is 6.32. The van der Waals surface area contributed by atoms with E-state index >= 15 is 0 Å². The van der Waals surface area contributed by atoms with Crippen molar-refractivity contribution in [2.45, 2.75) is 18.9 Å². The maximum Gasteiger partial charge on any atom is 0.326 e. The lowest BCUT2D eigenvalue weighted by molar-refractivity contribution is -0.141. The summed E-state index contributed by atoms with van der Waals surface area (Å²) in [6, 6.07) is 0.0821. The monoisotopic (exact) mass is 296 g/mol. The summed E-state index contributed by atoms with van der Waals surface area (Å²) in [5.74, 6) is -0.569. The number of anilines is 1. The van der Waals surface area contributed by atoms with E-state index in [1.54, 1.807) is 0 Å². The fourth-order valence-corrected chi connectivity index (χ4v) is 2.10. The highest BCUT2D eigenvalue weighted by Crippen LogP contribution is 2.20. The molecule has 9 heteroatoms. The normalized spacial score (nSPS) is 17.4. The van der Waals surface area contributed by atoms with Crippen molar-refractivity contribution >= 4 is 17.9 Å². The number of likely N-dealkylation sites (tertiary alicyclic amines) is 1. The van der Waals surface area contributed by atoms with Crippen LogP contribution in [0.3, 0.4) is 0 Å². The fourth-order valence-electron chi connectivity index (χ4n) is 2.10. The second-order valence-electron chi connectivity index (χ2n) is 4.40. The van der Waals surface area contributed by atoms with Crippen molar-refractivity contribution in [2.24, 2.45) is 0 Å². The van der Waals surface area contributed by atoms with Gasteiger partial charge in [0.15, 0.2) is 0 Å². The fraction of sp³-hybridized carbons (Fsp3) is 0.500. The van der Waals surface area contributed by atoms with Gasteiger partial charge in [0.25, 0.3) is 0 Å². The molecule has 2 amide bonds. The molecule has 1 aliphatic rings. The van der Waals surface area contributed by atoms with Gasteiger partial charge in [0.05, 0.1) is 20.3 Å². The molecule has 0 saturated carbocycles. The molecule has 0 spiro atoms. The molecule has 114 valence electrons. The van der Waals surface area contributed by atoms with Gasteiger partial charge < -0.3 is 19.5 Å². The number of amides is 2. The van der Waals surface area contributed by atoms with Crippen LogP contribution in [0.5, 0.6) is 11.8 Å². The lowest BCUT2D eigenvalue weighted by atomic mass is 10.2. The third kappa shape index (κ3) is 3.30. The molecular formula is C12H16N4O5. The highest BCUT2D eigenvalue weighted by molar-refractivity contribution is 5.91. The zero-order valence-electron chi connectivity index (χ0n) is 11.7. The van der Waals surface area contributed by atoms with E-state index in [4.69, 9.17) is 14.6 Å². The maximum absolute atomic E-state index is 12.1. The first-order chi connectivity index (χ1) is 10.0. The Balaban J connectivity index is 2.14. The standard InChI is InChI=1S/C12H16N4O5/c1-20-8-6-9(21-2)14-11(13-8)15-12(19)16-5-3-4-7(16)10(17)18/h6-7H,3-5H2,1-2H3,(H,17,18)(H,13,14,15,19). The average Bonchev–Trinajstić information content (AvgIpc) is 2.96. The number of carbonyl (C=O) groups excluding carboxylic acids is 1. The summed E-state index contributed by atoms with van der Waals surface area (Å²) < 4.78 is 9.95. The summed E-state index contributed by atoms with van der Waals surface area (Å²) >= 11 is 0. The zero-order chi connectivity index (χ0) is 15.4. The van der Waals surface area contributed by atoms with Gasteiger partial charge in [-0.3, -0.25) is 5.32 Å². The Morgan fingerprint density at radius 3 is 2.48 bits per heavy atom. The number of aromatic nitrogens is 2. The van der Waals surface area contributed by atoms with E-state index in [1.165, 1.54) is 25.2 Å². The highest BCUT2D eigenvalue weighted by atomic mass is 16.5. The molecule has 2 rings (SSSR count). The molecule has 1 saturated heterocycles. The number of aliphatic carboxylic acids is 1. The number of hydrogen-bond donors (Lipinski definition) is 2. The molecule has 2 N–H and O–H groups in total. The van der Waals surface area contributed by atoms with Gasteiger partial charge in [-0.2, -0.15) is 9.97 Å². The van der Waals surface area contributed by atoms with Crippen LogP contribution < -0.4 is 14.8 Å². The molecule has 1 unspecified atom stereocenters. The molecule has 1 atom stereocenters. The van der Waals surface area contributed by atoms with Gasteiger partial charge in [-0.15, -0.1) is 0 Å². The molecule has 2 heterocycles. The van der Waals surface area contributed by atoms with Gasteiger partial charge in [-0.1, -0.05) is 0 Å². The van der Waals surface area contributed by atoms with Gasteiger partial charge in [0.1, 0.15) is 6.04 Å². The van der Waals surface area contributed by atoms with Gasteiger partial charge in [0, 0.05) is 6.54 Å². The quantitative estimate of drug-likeness (QED) is 0.835. The van der Waals surface area contributed by atoms with Crippen molar-refractivity contribution in [3.63, 3.8) is 0 Å². The van der Waals surface area contributed by atoms with Crippen molar-refractivity contribution in [1.82, 2.24) is 14.9 Å². The summed E-state index contributed by atoms with van der Waals surface area (Å²) in [5, 5.41) is 11.5. The largest absolute Gasteiger partial charge is 0.481 e. The number of rotatable bonds is 4. The zero-order valence-corrected chi connectivity index (χ0v) is 11.7. The predicted octanol–water partition coefficient (Wildman–Crippen LogP) is 0.575. The van der Waals surface area contributed by atoms with Crippen LogP contribution in [0, 0.1) is 0 Å². The van der Waals surface area contributed by atoms with Crippen LogP contribution in [0.25, 0.3) is 0 Å². The van der Waals surface area contributed by atoms with E-state index < -0.39 is 18.0 Å². The van der Waals surface area contributed by atoms with Crippen molar-refractivity contribution < 1.29 is 24.2 Å². The number of carboxylic acid groups (broad SMARTS) is 1. The lowest BCUT2D eigenvalue weighted by Crippen LogP contribution is -2.43. The van der Waals surface area contributed by atoms with Crippen molar-refractivity contribution in [2.75, 3.05) is 26.1 Å². The molecule has 1 fully saturated rings. The summed E-state index contributed by atoms with van der Waals surface area (Å²) in [5.41, 5.74) is 0. The number of nitrogens with zero attached hydrogens (tertiary/aromatic N) is 3. The topological polar surface area (TPSA) is 114 Å². The van der Waals surface area contributed by atoms with Crippen LogP contribution in [0.2, 0.25) is 0 Å². The van der Waals surface area contributed by atoms with E-state index in [1.807, 2.05) is 0 Å². The minimum absolute atomic E-state index is 0.00719. The van der Waals surface area contributed by atoms with Gasteiger partial charge in [-0.05, 0) is 12.8 Å². The van der Waals surface area contributed by atoms with Crippen LogP contribution in [0.4, 0.5) is 10.7 Å². The molecule has 9 nitrogen and oxygen atoms in total. The Hall–Kier alpha value is -2.58. The smallest absolute Gasteiger partial charge is 0.326 e. The van der Waals surface area contributed by atoms with Gasteiger partial charge >= 0.3 is 12.0 Å². The molecule has 0 bridgehead atoms. The van der Waals surface area contributed by atoms with E-state index in [0.29, 0.717) is 19.4 Å². The number of carbonyl (C=O) groups is 2. The van der Waals surface area contributed by atoms with Crippen LogP contribution in [-0.4, -0.2) is 58.8 Å². The first-order valence-corrected chi connectivity index (χ1v) is 6.32. The Bertz CT molecular complexity index is 528. The number of nitrogens with one attached hydrogen (secondary N) is 1. The average molecular weight is 296 g/mol. The second-order valence-corrected chi connectivity index (χ2v) is 4.40. The molecule has 21 heavy (non-hydrogen) atoms. The number of hydrogen-bond acceptors (Lipinski definition) is 6. The van der Waals surface area contributed by atoms with E-state index in [2.05, 4.69) is 15.3 Å². The highest BCUT2D eigenvalue weighted by Gasteiger charge is 2.34. The number of urea groups is 1. The van der Waals surface area contributed by atoms with E-state index in [0.717, 1.165) is 0 Å². The molecule has 0 radical (unpaired) electrons. The minimum Gasteiger partial charge on any atom is -0.481 e. The molecule has 0 aliphatic carbocycles. The number of methoxy groups -OCH3 is 2. The first kappa shape index (κ1) is 14.8. The van der Waals surface area contributed by atoms with E-state index in [-0.39, 0.29) is 17.7 Å². The molecule has 0 aromatic carbocycles. The number of ether oxygens (including phenoxy) is 2. The SMILES string of the molecule is COc1cc(OC)nc(NC(=O)N2CCCC2C(=O)O)n1. The predicted molar refractivity (Wildman–Crippen MR) is 71.5 cm³/mol. The van der Waals surface area contributed by atoms with E-state index in [9.17, 15) is 9.59 Å². The molecule has 1 aromatic heterocycles. The van der Waals surface area contributed by atoms with Crippen LogP contribution in [-0.2, 0) is 4.79 Å². The summed E-state index contributed by atoms with van der Waals surface area (Å²) in [6.07, 6.45) is 1.08. The Labute approximate surface area is 120 Å². The van der Waals surface area contributed by atoms with Crippen molar-refractivity contribution in [1.29, 1.82) is 0 Å². The van der Waals surface area contributed by atoms with Gasteiger partial charge in [0.2, 0.25) is 17.7 Å². The molecular weight excluding hydrogens is 280 g/mol. The summed E-state index contributed by atoms with van der Waals surface area (Å²) in [4.78, 5) is 32.4. The number of carboxylic acids is 1. The van der Waals surface area contributed by atoms with Gasteiger partial charge in [-0.25, -0.2) is 9.59 Å². The van der Waals surface area contributed by atoms with Crippen LogP contribution in [0.1, 0.15) is 12.8 Å². The summed E-state index contributed by atoms with van der Waals surface area (Å²) in [7, 11) is 2.85. The Morgan fingerprint density at radius 1 is 1.33 bits per heavy atom. The lowest BCUT2D eigenvalue weighted by Gasteiger charge is -2.21. The Kier molecular flexibility index (Phi) is 4.41.